The minimum atomic E-state index is -0.525. The molecule has 0 radical (unpaired) electrons. The fourth-order valence-electron chi connectivity index (χ4n) is 6.89. The fraction of sp³-hybridized carbons (Fsp3) is 0.906. The van der Waals surface area contributed by atoms with Crippen LogP contribution in [0.5, 0.6) is 0 Å². The van der Waals surface area contributed by atoms with Crippen LogP contribution in [0.15, 0.2) is 0 Å². The van der Waals surface area contributed by atoms with Crippen LogP contribution < -0.4 is 0 Å². The van der Waals surface area contributed by atoms with E-state index < -0.39 is 5.41 Å². The van der Waals surface area contributed by atoms with Gasteiger partial charge in [0.05, 0.1) is 94.0 Å². The molecule has 12 nitrogen and oxygen atoms in total. The molecule has 9 unspecified atom stereocenters. The fourth-order valence-corrected chi connectivity index (χ4v) is 6.89. The predicted molar refractivity (Wildman–Crippen MR) is 151 cm³/mol. The van der Waals surface area contributed by atoms with Crippen molar-refractivity contribution in [3.63, 3.8) is 0 Å². The molecule has 0 amide bonds. The third-order valence-electron chi connectivity index (χ3n) is 9.78. The van der Waals surface area contributed by atoms with E-state index in [9.17, 15) is 14.4 Å². The molecule has 12 heteroatoms. The van der Waals surface area contributed by atoms with Crippen molar-refractivity contribution in [3.05, 3.63) is 0 Å². The number of fused-ring (bicyclic) bond motifs is 3. The molecule has 44 heavy (non-hydrogen) atoms. The first-order chi connectivity index (χ1) is 21.4. The molecule has 0 aromatic carbocycles. The Balaban J connectivity index is 0.868. The van der Waals surface area contributed by atoms with Gasteiger partial charge in [0, 0.05) is 5.41 Å². The lowest BCUT2D eigenvalue weighted by Crippen LogP contribution is -2.36. The van der Waals surface area contributed by atoms with E-state index in [2.05, 4.69) is 0 Å². The van der Waals surface area contributed by atoms with E-state index in [0.29, 0.717) is 38.1 Å². The van der Waals surface area contributed by atoms with Crippen LogP contribution in [0.1, 0.15) is 64.7 Å². The molecule has 0 N–H and O–H groups in total. The lowest BCUT2D eigenvalue weighted by molar-refractivity contribution is -0.152. The molecule has 3 heterocycles. The van der Waals surface area contributed by atoms with Crippen LogP contribution in [-0.4, -0.2) is 114 Å². The van der Waals surface area contributed by atoms with Crippen LogP contribution in [0.25, 0.3) is 0 Å². The normalized spacial score (nSPS) is 36.1. The van der Waals surface area contributed by atoms with Gasteiger partial charge < -0.3 is 42.6 Å². The average Bonchev–Trinajstić information content (AvgIpc) is 3.91. The van der Waals surface area contributed by atoms with Gasteiger partial charge in [0.1, 0.15) is 19.8 Å². The Morgan fingerprint density at radius 3 is 1.11 bits per heavy atom. The molecule has 6 fully saturated rings. The second-order valence-electron chi connectivity index (χ2n) is 13.6. The number of rotatable bonds is 18. The molecular weight excluding hydrogens is 576 g/mol. The summed E-state index contributed by atoms with van der Waals surface area (Å²) >= 11 is 0. The van der Waals surface area contributed by atoms with Crippen LogP contribution in [0, 0.1) is 23.2 Å². The van der Waals surface area contributed by atoms with E-state index in [-0.39, 0.29) is 93.6 Å². The Hall–Kier alpha value is -1.83. The van der Waals surface area contributed by atoms with Crippen molar-refractivity contribution >= 4 is 17.9 Å². The number of ether oxygens (including phenoxy) is 9. The predicted octanol–water partition coefficient (Wildman–Crippen LogP) is 2.37. The first-order valence-electron chi connectivity index (χ1n) is 16.6. The van der Waals surface area contributed by atoms with Gasteiger partial charge in [-0.15, -0.1) is 0 Å². The molecule has 0 bridgehead atoms. The molecule has 3 aliphatic heterocycles. The van der Waals surface area contributed by atoms with E-state index >= 15 is 0 Å². The van der Waals surface area contributed by atoms with Gasteiger partial charge in [0.15, 0.2) is 0 Å². The Bertz CT molecular complexity index is 882. The maximum absolute atomic E-state index is 12.4. The summed E-state index contributed by atoms with van der Waals surface area (Å²) in [6, 6.07) is 0. The summed E-state index contributed by atoms with van der Waals surface area (Å²) in [4.78, 5) is 37.2. The highest BCUT2D eigenvalue weighted by Gasteiger charge is 2.48. The largest absolute Gasteiger partial charge is 0.463 e. The second kappa shape index (κ2) is 14.7. The molecule has 3 saturated heterocycles. The Morgan fingerprint density at radius 2 is 0.818 bits per heavy atom. The van der Waals surface area contributed by atoms with Crippen LogP contribution in [0.3, 0.4) is 0 Å². The van der Waals surface area contributed by atoms with Crippen LogP contribution in [-0.2, 0) is 57.0 Å². The first kappa shape index (κ1) is 32.1. The molecule has 6 rings (SSSR count). The highest BCUT2D eigenvalue weighted by atomic mass is 16.6. The molecule has 248 valence electrons. The van der Waals surface area contributed by atoms with E-state index in [0.717, 1.165) is 57.8 Å². The number of carbonyl (C=O) groups excluding carboxylic acids is 3. The van der Waals surface area contributed by atoms with Gasteiger partial charge in [0.2, 0.25) is 0 Å². The highest BCUT2D eigenvalue weighted by Crippen LogP contribution is 2.41. The average molecular weight is 625 g/mol. The SMILES string of the molecule is CC(COCCOC(=O)C1CCC2OC2C1)(COCCOC(=O)C1CCC2OC2C1)COCCOC(=O)C1CCC2OC2C1. The van der Waals surface area contributed by atoms with Crippen molar-refractivity contribution in [2.75, 3.05) is 59.5 Å². The number of carbonyl (C=O) groups is 3. The van der Waals surface area contributed by atoms with Gasteiger partial charge in [-0.3, -0.25) is 14.4 Å². The smallest absolute Gasteiger partial charge is 0.309 e. The molecule has 6 aliphatic rings. The van der Waals surface area contributed by atoms with E-state index in [4.69, 9.17) is 42.6 Å². The van der Waals surface area contributed by atoms with E-state index in [1.807, 2.05) is 6.92 Å². The van der Waals surface area contributed by atoms with Gasteiger partial charge >= 0.3 is 17.9 Å². The number of hydrogen-bond donors (Lipinski definition) is 0. The molecule has 0 aromatic heterocycles. The summed E-state index contributed by atoms with van der Waals surface area (Å²) in [6.45, 7) is 4.19. The minimum absolute atomic E-state index is 0.0943. The molecule has 3 saturated carbocycles. The van der Waals surface area contributed by atoms with Crippen molar-refractivity contribution in [1.29, 1.82) is 0 Å². The first-order valence-corrected chi connectivity index (χ1v) is 16.6. The quantitative estimate of drug-likeness (QED) is 0.0956. The van der Waals surface area contributed by atoms with Crippen LogP contribution >= 0.6 is 0 Å². The third kappa shape index (κ3) is 9.13. The summed E-state index contributed by atoms with van der Waals surface area (Å²) in [5, 5.41) is 0. The van der Waals surface area contributed by atoms with E-state index in [1.54, 1.807) is 0 Å². The summed E-state index contributed by atoms with van der Waals surface area (Å²) in [5.41, 5.74) is -0.525. The Morgan fingerprint density at radius 1 is 0.500 bits per heavy atom. The Kier molecular flexibility index (Phi) is 10.8. The Labute approximate surface area is 259 Å². The van der Waals surface area contributed by atoms with Crippen molar-refractivity contribution < 1.29 is 57.0 Å². The number of hydrogen-bond acceptors (Lipinski definition) is 12. The van der Waals surface area contributed by atoms with E-state index in [1.165, 1.54) is 0 Å². The zero-order chi connectivity index (χ0) is 30.5. The van der Waals surface area contributed by atoms with Crippen LogP contribution in [0.4, 0.5) is 0 Å². The zero-order valence-electron chi connectivity index (χ0n) is 25.8. The summed E-state index contributed by atoms with van der Waals surface area (Å²) in [7, 11) is 0. The summed E-state index contributed by atoms with van der Waals surface area (Å²) < 4.78 is 50.6. The van der Waals surface area contributed by atoms with Gasteiger partial charge in [-0.25, -0.2) is 0 Å². The van der Waals surface area contributed by atoms with Crippen LogP contribution in [0.2, 0.25) is 0 Å². The van der Waals surface area contributed by atoms with Gasteiger partial charge in [0.25, 0.3) is 0 Å². The maximum atomic E-state index is 12.4. The molecule has 0 spiro atoms. The third-order valence-corrected chi connectivity index (χ3v) is 9.78. The minimum Gasteiger partial charge on any atom is -0.463 e. The van der Waals surface area contributed by atoms with Gasteiger partial charge in [-0.05, 0) is 57.8 Å². The van der Waals surface area contributed by atoms with Gasteiger partial charge in [-0.2, -0.15) is 0 Å². The number of epoxide rings is 3. The zero-order valence-corrected chi connectivity index (χ0v) is 25.8. The molecule has 3 aliphatic carbocycles. The van der Waals surface area contributed by atoms with Crippen molar-refractivity contribution in [3.8, 4) is 0 Å². The highest BCUT2D eigenvalue weighted by molar-refractivity contribution is 5.73. The van der Waals surface area contributed by atoms with Gasteiger partial charge in [-0.1, -0.05) is 6.92 Å². The molecule has 0 aromatic rings. The maximum Gasteiger partial charge on any atom is 0.309 e. The monoisotopic (exact) mass is 624 g/mol. The van der Waals surface area contributed by atoms with Crippen molar-refractivity contribution in [2.24, 2.45) is 23.2 Å². The standard InChI is InChI=1S/C32H48O12/c1-32(17-36-8-11-39-29(33)20-2-5-23-26(14-20)42-23,18-37-9-12-40-30(34)21-3-6-24-27(15-21)43-24)19-38-10-13-41-31(35)22-4-7-25-28(16-22)44-25/h20-28H,2-19H2,1H3. The topological polar surface area (TPSA) is 144 Å². The number of esters is 3. The molecule has 9 atom stereocenters. The van der Waals surface area contributed by atoms with Crippen molar-refractivity contribution in [1.82, 2.24) is 0 Å². The lowest BCUT2D eigenvalue weighted by atomic mass is 9.89. The second-order valence-corrected chi connectivity index (χ2v) is 13.6. The molecular formula is C32H48O12. The van der Waals surface area contributed by atoms with Crippen molar-refractivity contribution in [2.45, 2.75) is 101 Å². The summed E-state index contributed by atoms with van der Waals surface area (Å²) in [6.07, 6.45) is 9.14. The lowest BCUT2D eigenvalue weighted by Gasteiger charge is -2.29. The summed E-state index contributed by atoms with van der Waals surface area (Å²) in [5.74, 6) is -0.834.